The van der Waals surface area contributed by atoms with Gasteiger partial charge in [-0.2, -0.15) is 0 Å². The van der Waals surface area contributed by atoms with E-state index in [1.54, 1.807) is 0 Å². The van der Waals surface area contributed by atoms with Crippen molar-refractivity contribution in [1.29, 1.82) is 0 Å². The van der Waals surface area contributed by atoms with Crippen molar-refractivity contribution in [2.45, 2.75) is 32.8 Å². The van der Waals surface area contributed by atoms with Gasteiger partial charge in [-0.15, -0.1) is 6.58 Å². The molecule has 0 bridgehead atoms. The van der Waals surface area contributed by atoms with Gasteiger partial charge in [0.15, 0.2) is 0 Å². The lowest BCUT2D eigenvalue weighted by Crippen LogP contribution is -2.03. The predicted molar refractivity (Wildman–Crippen MR) is 35.7 cm³/mol. The maximum absolute atomic E-state index is 8.97. The molecule has 1 N–H and O–H groups in total. The summed E-state index contributed by atoms with van der Waals surface area (Å²) >= 11 is 0. The molecule has 0 aromatic rings. The van der Waals surface area contributed by atoms with E-state index in [1.165, 1.54) is 0 Å². The van der Waals surface area contributed by atoms with E-state index >= 15 is 0 Å². The summed E-state index contributed by atoms with van der Waals surface area (Å²) in [6.07, 6.45) is 1.40. The third-order valence-electron chi connectivity index (χ3n) is 1.06. The summed E-state index contributed by atoms with van der Waals surface area (Å²) in [7, 11) is 0. The largest absolute Gasteiger partial charge is 0.393 e. The molecule has 1 nitrogen and oxygen atoms in total. The summed E-state index contributed by atoms with van der Waals surface area (Å²) in [5.74, 6) is 0. The first-order valence-corrected chi connectivity index (χ1v) is 2.99. The highest BCUT2D eigenvalue weighted by Crippen LogP contribution is 2.03. The van der Waals surface area contributed by atoms with Crippen LogP contribution in [0.5, 0.6) is 0 Å². The van der Waals surface area contributed by atoms with Crippen molar-refractivity contribution >= 4 is 0 Å². The van der Waals surface area contributed by atoms with Crippen LogP contribution in [0.25, 0.3) is 0 Å². The van der Waals surface area contributed by atoms with Gasteiger partial charge in [-0.25, -0.2) is 0 Å². The SMILES string of the molecule is C=C(C)C[C@H](O)CC. The number of hydrogen-bond acceptors (Lipinski definition) is 1. The van der Waals surface area contributed by atoms with Gasteiger partial charge in [-0.3, -0.25) is 0 Å². The van der Waals surface area contributed by atoms with E-state index in [0.717, 1.165) is 18.4 Å². The Bertz CT molecular complexity index is 76.5. The molecule has 1 heteroatoms. The van der Waals surface area contributed by atoms with Gasteiger partial charge in [0.05, 0.1) is 6.10 Å². The van der Waals surface area contributed by atoms with Crippen molar-refractivity contribution in [3.05, 3.63) is 12.2 Å². The molecule has 0 saturated heterocycles. The van der Waals surface area contributed by atoms with Crippen LogP contribution in [-0.4, -0.2) is 11.2 Å². The van der Waals surface area contributed by atoms with Gasteiger partial charge in [0.1, 0.15) is 0 Å². The molecule has 0 aromatic carbocycles. The van der Waals surface area contributed by atoms with E-state index in [-0.39, 0.29) is 6.10 Å². The molecule has 0 aromatic heterocycles. The van der Waals surface area contributed by atoms with Gasteiger partial charge < -0.3 is 5.11 Å². The number of rotatable bonds is 3. The van der Waals surface area contributed by atoms with Crippen LogP contribution < -0.4 is 0 Å². The summed E-state index contributed by atoms with van der Waals surface area (Å²) in [4.78, 5) is 0. The number of aliphatic hydroxyl groups excluding tert-OH is 1. The number of hydrogen-bond donors (Lipinski definition) is 1. The van der Waals surface area contributed by atoms with Crippen LogP contribution in [0.15, 0.2) is 12.2 Å². The molecule has 0 amide bonds. The Morgan fingerprint density at radius 2 is 2.25 bits per heavy atom. The van der Waals surface area contributed by atoms with Crippen molar-refractivity contribution in [1.82, 2.24) is 0 Å². The molecule has 0 aliphatic rings. The van der Waals surface area contributed by atoms with E-state index in [0.29, 0.717) is 0 Å². The van der Waals surface area contributed by atoms with Crippen LogP contribution in [-0.2, 0) is 0 Å². The standard InChI is InChI=1S/C7H14O/c1-4-7(8)5-6(2)3/h7-8H,2,4-5H2,1,3H3/t7-/m1/s1. The third kappa shape index (κ3) is 3.88. The lowest BCUT2D eigenvalue weighted by atomic mass is 10.1. The minimum absolute atomic E-state index is 0.174. The number of aliphatic hydroxyl groups is 1. The first kappa shape index (κ1) is 7.70. The van der Waals surface area contributed by atoms with E-state index in [1.807, 2.05) is 13.8 Å². The highest BCUT2D eigenvalue weighted by molar-refractivity contribution is 4.89. The van der Waals surface area contributed by atoms with Crippen LogP contribution in [0.1, 0.15) is 26.7 Å². The van der Waals surface area contributed by atoms with Gasteiger partial charge in [0.25, 0.3) is 0 Å². The monoisotopic (exact) mass is 114 g/mol. The summed E-state index contributed by atoms with van der Waals surface area (Å²) in [5.41, 5.74) is 1.05. The van der Waals surface area contributed by atoms with E-state index in [2.05, 4.69) is 6.58 Å². The van der Waals surface area contributed by atoms with Gasteiger partial charge in [-0.1, -0.05) is 12.5 Å². The molecule has 0 heterocycles. The second-order valence-electron chi connectivity index (χ2n) is 2.22. The second-order valence-corrected chi connectivity index (χ2v) is 2.22. The molecule has 0 aliphatic heterocycles. The quantitative estimate of drug-likeness (QED) is 0.554. The molecule has 0 rings (SSSR count). The Morgan fingerprint density at radius 1 is 1.75 bits per heavy atom. The average Bonchev–Trinajstić information content (AvgIpc) is 1.65. The van der Waals surface area contributed by atoms with Crippen molar-refractivity contribution < 1.29 is 5.11 Å². The highest BCUT2D eigenvalue weighted by atomic mass is 16.3. The normalized spacial score (nSPS) is 13.4. The summed E-state index contributed by atoms with van der Waals surface area (Å²) < 4.78 is 0. The smallest absolute Gasteiger partial charge is 0.0574 e. The Hall–Kier alpha value is -0.300. The fraction of sp³-hybridized carbons (Fsp3) is 0.714. The molecule has 0 aliphatic carbocycles. The van der Waals surface area contributed by atoms with Crippen molar-refractivity contribution in [2.75, 3.05) is 0 Å². The molecule has 8 heavy (non-hydrogen) atoms. The molecule has 0 saturated carbocycles. The summed E-state index contributed by atoms with van der Waals surface area (Å²) in [5, 5.41) is 8.97. The maximum Gasteiger partial charge on any atom is 0.0574 e. The highest BCUT2D eigenvalue weighted by Gasteiger charge is 1.97. The first-order valence-electron chi connectivity index (χ1n) is 2.99. The fourth-order valence-corrected chi connectivity index (χ4v) is 0.547. The van der Waals surface area contributed by atoms with E-state index in [9.17, 15) is 0 Å². The minimum Gasteiger partial charge on any atom is -0.393 e. The van der Waals surface area contributed by atoms with E-state index < -0.39 is 0 Å². The van der Waals surface area contributed by atoms with Crippen LogP contribution in [0.3, 0.4) is 0 Å². The fourth-order valence-electron chi connectivity index (χ4n) is 0.547. The Labute approximate surface area is 51.0 Å². The molecule has 0 unspecified atom stereocenters. The third-order valence-corrected chi connectivity index (χ3v) is 1.06. The lowest BCUT2D eigenvalue weighted by Gasteiger charge is -2.04. The molecule has 0 radical (unpaired) electrons. The zero-order chi connectivity index (χ0) is 6.57. The predicted octanol–water partition coefficient (Wildman–Crippen LogP) is 1.72. The summed E-state index contributed by atoms with van der Waals surface area (Å²) in [6, 6.07) is 0. The average molecular weight is 114 g/mol. The molecule has 1 atom stereocenters. The molecular weight excluding hydrogens is 100 g/mol. The molecule has 48 valence electrons. The van der Waals surface area contributed by atoms with Crippen molar-refractivity contribution in [2.24, 2.45) is 0 Å². The Morgan fingerprint density at radius 3 is 2.38 bits per heavy atom. The molecule has 0 fully saturated rings. The zero-order valence-corrected chi connectivity index (χ0v) is 5.65. The van der Waals surface area contributed by atoms with Gasteiger partial charge in [0.2, 0.25) is 0 Å². The molecule has 0 spiro atoms. The minimum atomic E-state index is -0.174. The topological polar surface area (TPSA) is 20.2 Å². The van der Waals surface area contributed by atoms with Crippen LogP contribution in [0, 0.1) is 0 Å². The maximum atomic E-state index is 8.97. The first-order chi connectivity index (χ1) is 3.66. The Kier molecular flexibility index (Phi) is 3.53. The van der Waals surface area contributed by atoms with Crippen LogP contribution in [0.4, 0.5) is 0 Å². The molecular formula is C7H14O. The van der Waals surface area contributed by atoms with Gasteiger partial charge in [0, 0.05) is 0 Å². The zero-order valence-electron chi connectivity index (χ0n) is 5.65. The van der Waals surface area contributed by atoms with Crippen molar-refractivity contribution in [3.63, 3.8) is 0 Å². The Balaban J connectivity index is 3.24. The van der Waals surface area contributed by atoms with Crippen LogP contribution >= 0.6 is 0 Å². The van der Waals surface area contributed by atoms with Gasteiger partial charge in [-0.05, 0) is 19.8 Å². The lowest BCUT2D eigenvalue weighted by molar-refractivity contribution is 0.171. The second kappa shape index (κ2) is 3.67. The van der Waals surface area contributed by atoms with Gasteiger partial charge >= 0.3 is 0 Å². The van der Waals surface area contributed by atoms with Crippen molar-refractivity contribution in [3.8, 4) is 0 Å². The van der Waals surface area contributed by atoms with Crippen LogP contribution in [0.2, 0.25) is 0 Å². The van der Waals surface area contributed by atoms with E-state index in [4.69, 9.17) is 5.11 Å². The summed E-state index contributed by atoms with van der Waals surface area (Å²) in [6.45, 7) is 7.58.